The first-order valence-electron chi connectivity index (χ1n) is 3.58. The van der Waals surface area contributed by atoms with E-state index in [1.165, 1.54) is 0 Å². The molecule has 0 radical (unpaired) electrons. The maximum atomic E-state index is 10.9. The van der Waals surface area contributed by atoms with Gasteiger partial charge in [-0.05, 0) is 13.0 Å². The molecule has 0 aliphatic heterocycles. The third kappa shape index (κ3) is 3.89. The van der Waals surface area contributed by atoms with Crippen molar-refractivity contribution in [1.82, 2.24) is 0 Å². The molecule has 0 fully saturated rings. The van der Waals surface area contributed by atoms with Crippen molar-refractivity contribution < 1.29 is 43.1 Å². The molecule has 0 aliphatic rings. The second-order valence-corrected chi connectivity index (χ2v) is 8.95. The van der Waals surface area contributed by atoms with Gasteiger partial charge in [-0.1, -0.05) is 0 Å². The Bertz CT molecular complexity index is 398. The first kappa shape index (κ1) is 16.2. The Hall–Kier alpha value is 0.190. The van der Waals surface area contributed by atoms with Gasteiger partial charge in [0.2, 0.25) is 0 Å². The minimum atomic E-state index is -5.29. The lowest BCUT2D eigenvalue weighted by atomic mass is 10.5. The van der Waals surface area contributed by atoms with E-state index in [9.17, 15) is 13.7 Å². The van der Waals surface area contributed by atoms with Gasteiger partial charge in [-0.25, -0.2) is 0 Å². The van der Waals surface area contributed by atoms with Crippen LogP contribution in [-0.2, 0) is 13.7 Å². The van der Waals surface area contributed by atoms with Crippen molar-refractivity contribution in [3.05, 3.63) is 11.9 Å². The summed E-state index contributed by atoms with van der Waals surface area (Å²) in [6.45, 7) is 0.515. The molecule has 0 aromatic heterocycles. The van der Waals surface area contributed by atoms with Gasteiger partial charge in [-0.15, -0.1) is 0 Å². The molecule has 16 heavy (non-hydrogen) atoms. The van der Waals surface area contributed by atoms with Crippen molar-refractivity contribution in [2.75, 3.05) is 0 Å². The highest BCUT2D eigenvalue weighted by atomic mass is 31.2. The third-order valence-electron chi connectivity index (χ3n) is 1.76. The van der Waals surface area contributed by atoms with E-state index in [2.05, 4.69) is 0 Å². The quantitative estimate of drug-likeness (QED) is 0.382. The number of hydrogen-bond acceptors (Lipinski definition) is 3. The lowest BCUT2D eigenvalue weighted by molar-refractivity contribution is 0.326. The molecule has 0 aromatic rings. The van der Waals surface area contributed by atoms with Crippen LogP contribution in [0.15, 0.2) is 11.9 Å². The van der Waals surface area contributed by atoms with Crippen molar-refractivity contribution in [2.45, 2.75) is 11.8 Å². The summed E-state index contributed by atoms with van der Waals surface area (Å²) in [5, 5.41) is 0. The molecular formula is C4H11O9P3. The summed E-state index contributed by atoms with van der Waals surface area (Å²) in [4.78, 5) is 49.0. The van der Waals surface area contributed by atoms with Crippen LogP contribution in [0, 0.1) is 0 Å². The van der Waals surface area contributed by atoms with Crippen LogP contribution in [0.5, 0.6) is 0 Å². The van der Waals surface area contributed by atoms with Crippen LogP contribution in [-0.4, -0.2) is 34.3 Å². The predicted molar refractivity (Wildman–Crippen MR) is 53.7 cm³/mol. The highest BCUT2D eigenvalue weighted by Crippen LogP contribution is 2.69. The first-order valence-corrected chi connectivity index (χ1v) is 8.48. The summed E-state index contributed by atoms with van der Waals surface area (Å²) >= 11 is 0. The molecule has 0 saturated carbocycles. The second kappa shape index (κ2) is 4.46. The van der Waals surface area contributed by atoms with Crippen molar-refractivity contribution in [3.8, 4) is 0 Å². The monoisotopic (exact) mass is 296 g/mol. The zero-order chi connectivity index (χ0) is 13.4. The minimum absolute atomic E-state index is 0.0468. The van der Waals surface area contributed by atoms with Gasteiger partial charge in [0.1, 0.15) is 0 Å². The molecular weight excluding hydrogens is 285 g/mol. The van der Waals surface area contributed by atoms with Crippen LogP contribution < -0.4 is 0 Å². The number of rotatable bonds is 4. The van der Waals surface area contributed by atoms with Crippen LogP contribution in [0.4, 0.5) is 0 Å². The second-order valence-electron chi connectivity index (χ2n) is 3.09. The summed E-state index contributed by atoms with van der Waals surface area (Å²) in [6, 6.07) is 0. The molecule has 0 unspecified atom stereocenters. The fraction of sp³-hybridized carbons (Fsp3) is 0.500. The molecule has 0 saturated heterocycles. The van der Waals surface area contributed by atoms with E-state index >= 15 is 0 Å². The normalized spacial score (nSPS) is 15.7. The highest BCUT2D eigenvalue weighted by molar-refractivity contribution is 7.72. The maximum Gasteiger partial charge on any atom is 0.348 e. The van der Waals surface area contributed by atoms with Crippen LogP contribution in [0.1, 0.15) is 6.92 Å². The van der Waals surface area contributed by atoms with Gasteiger partial charge in [0.15, 0.2) is 4.90 Å². The van der Waals surface area contributed by atoms with Gasteiger partial charge in [0, 0.05) is 5.82 Å². The van der Waals surface area contributed by atoms with Gasteiger partial charge >= 0.3 is 22.8 Å². The Kier molecular flexibility index (Phi) is 4.51. The Morgan fingerprint density at radius 2 is 1.19 bits per heavy atom. The summed E-state index contributed by atoms with van der Waals surface area (Å²) in [5.74, 6) is 0.0468. The minimum Gasteiger partial charge on any atom is -0.323 e. The van der Waals surface area contributed by atoms with Gasteiger partial charge < -0.3 is 29.4 Å². The average Bonchev–Trinajstić information content (AvgIpc) is 1.93. The van der Waals surface area contributed by atoms with E-state index < -0.39 is 27.7 Å². The summed E-state index contributed by atoms with van der Waals surface area (Å²) in [7, 11) is -15.3. The molecule has 0 bridgehead atoms. The fourth-order valence-electron chi connectivity index (χ4n) is 0.602. The van der Waals surface area contributed by atoms with E-state index in [0.29, 0.717) is 6.92 Å². The topological polar surface area (TPSA) is 173 Å². The van der Waals surface area contributed by atoms with Crippen molar-refractivity contribution in [3.63, 3.8) is 0 Å². The largest absolute Gasteiger partial charge is 0.348 e. The highest BCUT2D eigenvalue weighted by Gasteiger charge is 2.54. The third-order valence-corrected chi connectivity index (χ3v) is 6.52. The van der Waals surface area contributed by atoms with Crippen molar-refractivity contribution >= 4 is 22.8 Å². The van der Waals surface area contributed by atoms with Crippen molar-refractivity contribution in [1.29, 1.82) is 0 Å². The Morgan fingerprint density at radius 3 is 1.38 bits per heavy atom. The first-order chi connectivity index (χ1) is 6.71. The zero-order valence-electron chi connectivity index (χ0n) is 7.90. The lowest BCUT2D eigenvalue weighted by Gasteiger charge is -2.27. The van der Waals surface area contributed by atoms with Gasteiger partial charge in [-0.3, -0.25) is 13.7 Å². The number of hydrogen-bond donors (Lipinski definition) is 6. The van der Waals surface area contributed by atoms with Crippen LogP contribution in [0.3, 0.4) is 0 Å². The molecule has 0 heterocycles. The molecule has 96 valence electrons. The molecule has 9 nitrogen and oxygen atoms in total. The SMILES string of the molecule is CC(C=CP(=O)(O)O)(P(=O)(O)O)P(=O)(O)O. The lowest BCUT2D eigenvalue weighted by Crippen LogP contribution is -2.21. The summed E-state index contributed by atoms with van der Waals surface area (Å²) in [6.07, 6.45) is 0.148. The molecule has 0 rings (SSSR count). The molecule has 0 amide bonds. The smallest absolute Gasteiger partial charge is 0.323 e. The Labute approximate surface area is 90.3 Å². The van der Waals surface area contributed by atoms with Crippen LogP contribution in [0.2, 0.25) is 0 Å². The summed E-state index contributed by atoms with van der Waals surface area (Å²) < 4.78 is 32.3. The van der Waals surface area contributed by atoms with Crippen molar-refractivity contribution in [2.24, 2.45) is 0 Å². The summed E-state index contributed by atoms with van der Waals surface area (Å²) in [5.41, 5.74) is 0. The maximum absolute atomic E-state index is 10.9. The standard InChI is InChI=1S/C4H11O9P3/c1-4(15(8,9)10,16(11,12)13)2-3-14(5,6)7/h2-3H,1H3,(H2,5,6,7)(H2,8,9,10)(H2,11,12,13). The number of allylic oxidation sites excluding steroid dienone is 1. The van der Waals surface area contributed by atoms with Gasteiger partial charge in [0.25, 0.3) is 0 Å². The van der Waals surface area contributed by atoms with Crippen LogP contribution >= 0.6 is 22.8 Å². The van der Waals surface area contributed by atoms with E-state index in [4.69, 9.17) is 29.4 Å². The van der Waals surface area contributed by atoms with Crippen LogP contribution in [0.25, 0.3) is 0 Å². The zero-order valence-corrected chi connectivity index (χ0v) is 10.6. The molecule has 6 N–H and O–H groups in total. The predicted octanol–water partition coefficient (Wildman–Crippen LogP) is -0.251. The molecule has 12 heteroatoms. The average molecular weight is 296 g/mol. The molecule has 0 atom stereocenters. The van der Waals surface area contributed by atoms with E-state index in [0.717, 1.165) is 0 Å². The Morgan fingerprint density at radius 1 is 0.875 bits per heavy atom. The van der Waals surface area contributed by atoms with E-state index in [-0.39, 0.29) is 11.9 Å². The molecule has 0 aromatic carbocycles. The van der Waals surface area contributed by atoms with Gasteiger partial charge in [0.05, 0.1) is 0 Å². The van der Waals surface area contributed by atoms with Gasteiger partial charge in [-0.2, -0.15) is 0 Å². The molecule has 0 aliphatic carbocycles. The Balaban J connectivity index is 5.67. The fourth-order valence-corrected chi connectivity index (χ4v) is 3.22. The molecule has 0 spiro atoms. The van der Waals surface area contributed by atoms with E-state index in [1.807, 2.05) is 0 Å². The van der Waals surface area contributed by atoms with E-state index in [1.54, 1.807) is 0 Å².